The van der Waals surface area contributed by atoms with Gasteiger partial charge in [-0.15, -0.1) is 0 Å². The quantitative estimate of drug-likeness (QED) is 0.0535. The molecule has 0 spiro atoms. The van der Waals surface area contributed by atoms with Gasteiger partial charge in [0.1, 0.15) is 0 Å². The van der Waals surface area contributed by atoms with E-state index in [2.05, 4.69) is 38.0 Å². The normalized spacial score (nSPS) is 11.5. The summed E-state index contributed by atoms with van der Waals surface area (Å²) in [5, 5.41) is 9.92. The lowest BCUT2D eigenvalue weighted by molar-refractivity contribution is 0.0695. The van der Waals surface area contributed by atoms with Crippen LogP contribution in [0.2, 0.25) is 0 Å². The first-order valence-corrected chi connectivity index (χ1v) is 21.8. The monoisotopic (exact) mass is 747 g/mol. The first-order valence-electron chi connectivity index (χ1n) is 21.8. The Bertz CT molecular complexity index is 1100. The summed E-state index contributed by atoms with van der Waals surface area (Å²) >= 11 is 0. The summed E-state index contributed by atoms with van der Waals surface area (Å²) in [6.07, 6.45) is 50.3. The van der Waals surface area contributed by atoms with Gasteiger partial charge in [0.15, 0.2) is 11.5 Å². The molecule has 0 aliphatic heterocycles. The SMILES string of the molecule is C=C/C=C/CCCCCCCCCCOc1cc(C(=O)O)cc(OCCCCCCCCCC/C=C/C=C)c1OCCCCCCCCCC/C=C/C=C. The maximum Gasteiger partial charge on any atom is 0.335 e. The summed E-state index contributed by atoms with van der Waals surface area (Å²) in [5.41, 5.74) is 0.170. The third-order valence-electron chi connectivity index (χ3n) is 9.64. The fourth-order valence-electron chi connectivity index (χ4n) is 6.45. The van der Waals surface area contributed by atoms with Crippen molar-refractivity contribution >= 4 is 5.97 Å². The number of benzene rings is 1. The van der Waals surface area contributed by atoms with Crippen molar-refractivity contribution in [2.45, 2.75) is 173 Å². The van der Waals surface area contributed by atoms with Gasteiger partial charge >= 0.3 is 5.97 Å². The van der Waals surface area contributed by atoms with Gasteiger partial charge in [-0.25, -0.2) is 4.79 Å². The molecule has 0 aliphatic carbocycles. The lowest BCUT2D eigenvalue weighted by Crippen LogP contribution is -2.08. The van der Waals surface area contributed by atoms with E-state index in [0.29, 0.717) is 37.1 Å². The van der Waals surface area contributed by atoms with Crippen LogP contribution in [0.25, 0.3) is 0 Å². The molecule has 304 valence electrons. The minimum Gasteiger partial charge on any atom is -0.490 e. The topological polar surface area (TPSA) is 65.0 Å². The second-order valence-corrected chi connectivity index (χ2v) is 14.5. The van der Waals surface area contributed by atoms with Crippen LogP contribution < -0.4 is 14.2 Å². The second kappa shape index (κ2) is 37.8. The summed E-state index contributed by atoms with van der Waals surface area (Å²) < 4.78 is 18.8. The first-order chi connectivity index (χ1) is 26.6. The maximum absolute atomic E-state index is 12.1. The van der Waals surface area contributed by atoms with Crippen molar-refractivity contribution in [3.05, 3.63) is 92.1 Å². The molecule has 0 fully saturated rings. The highest BCUT2D eigenvalue weighted by molar-refractivity contribution is 5.89. The first kappa shape index (κ1) is 48.5. The van der Waals surface area contributed by atoms with Crippen molar-refractivity contribution in [2.75, 3.05) is 19.8 Å². The Balaban J connectivity index is 2.59. The van der Waals surface area contributed by atoms with E-state index >= 15 is 0 Å². The van der Waals surface area contributed by atoms with E-state index in [9.17, 15) is 9.90 Å². The van der Waals surface area contributed by atoms with Crippen LogP contribution >= 0.6 is 0 Å². The maximum atomic E-state index is 12.1. The van der Waals surface area contributed by atoms with Gasteiger partial charge in [-0.2, -0.15) is 0 Å². The van der Waals surface area contributed by atoms with Crippen LogP contribution in [0.1, 0.15) is 184 Å². The van der Waals surface area contributed by atoms with E-state index in [-0.39, 0.29) is 5.56 Å². The fourth-order valence-corrected chi connectivity index (χ4v) is 6.45. The number of hydrogen-bond donors (Lipinski definition) is 1. The highest BCUT2D eigenvalue weighted by atomic mass is 16.5. The molecule has 1 aromatic carbocycles. The van der Waals surface area contributed by atoms with Crippen molar-refractivity contribution in [3.8, 4) is 17.2 Å². The number of unbranched alkanes of at least 4 members (excludes halogenated alkanes) is 24. The molecular formula is C49H78O5. The number of carboxylic acid groups (broad SMARTS) is 1. The molecule has 0 atom stereocenters. The largest absolute Gasteiger partial charge is 0.490 e. The van der Waals surface area contributed by atoms with Gasteiger partial charge < -0.3 is 19.3 Å². The standard InChI is InChI=1S/C49H78O5/c1-4-7-10-13-16-19-22-25-28-31-34-37-40-52-46-43-45(49(50)51)44-47(53-41-38-35-32-29-26-23-20-17-14-11-8-5-2)48(46)54-42-39-36-33-30-27-24-21-18-15-12-9-6-3/h4-12,43-44H,1-3,13-42H2,(H,50,51)/b10-7+,11-8+,12-9+. The minimum atomic E-state index is -0.988. The third kappa shape index (κ3) is 29.0. The summed E-state index contributed by atoms with van der Waals surface area (Å²) in [6, 6.07) is 3.22. The Hall–Kier alpha value is -3.47. The predicted octanol–water partition coefficient (Wildman–Crippen LogP) is 15.3. The fraction of sp³-hybridized carbons (Fsp3) is 0.612. The van der Waals surface area contributed by atoms with E-state index in [1.165, 1.54) is 116 Å². The molecule has 1 rings (SSSR count). The molecule has 1 aromatic rings. The Kier molecular flexibility index (Phi) is 34.0. The molecule has 0 saturated heterocycles. The van der Waals surface area contributed by atoms with E-state index < -0.39 is 5.97 Å². The van der Waals surface area contributed by atoms with E-state index in [1.54, 1.807) is 12.1 Å². The number of rotatable bonds is 40. The van der Waals surface area contributed by atoms with Gasteiger partial charge in [-0.1, -0.05) is 190 Å². The highest BCUT2D eigenvalue weighted by Gasteiger charge is 2.19. The van der Waals surface area contributed by atoms with Crippen molar-refractivity contribution in [2.24, 2.45) is 0 Å². The molecule has 0 aromatic heterocycles. The lowest BCUT2D eigenvalue weighted by Gasteiger charge is -2.18. The molecule has 5 heteroatoms. The van der Waals surface area contributed by atoms with Crippen molar-refractivity contribution < 1.29 is 24.1 Å². The Labute approximate surface area is 331 Å². The van der Waals surface area contributed by atoms with Gasteiger partial charge in [0.05, 0.1) is 25.4 Å². The van der Waals surface area contributed by atoms with Crippen molar-refractivity contribution in [1.29, 1.82) is 0 Å². The average molecular weight is 747 g/mol. The van der Waals surface area contributed by atoms with Crippen molar-refractivity contribution in [3.63, 3.8) is 0 Å². The number of hydrogen-bond acceptors (Lipinski definition) is 4. The number of carbonyl (C=O) groups is 1. The Morgan fingerprint density at radius 3 is 1.02 bits per heavy atom. The van der Waals surface area contributed by atoms with E-state index in [4.69, 9.17) is 14.2 Å². The number of aromatic carboxylic acids is 1. The molecular weight excluding hydrogens is 669 g/mol. The Morgan fingerprint density at radius 2 is 0.722 bits per heavy atom. The van der Waals surface area contributed by atoms with Crippen LogP contribution in [0.4, 0.5) is 0 Å². The molecule has 0 unspecified atom stereocenters. The van der Waals surface area contributed by atoms with Crippen molar-refractivity contribution in [1.82, 2.24) is 0 Å². The summed E-state index contributed by atoms with van der Waals surface area (Å²) in [4.78, 5) is 12.1. The lowest BCUT2D eigenvalue weighted by atomic mass is 10.1. The molecule has 0 amide bonds. The molecule has 0 heterocycles. The van der Waals surface area contributed by atoms with Crippen LogP contribution in [-0.2, 0) is 0 Å². The van der Waals surface area contributed by atoms with Crippen LogP contribution in [-0.4, -0.2) is 30.9 Å². The molecule has 0 bridgehead atoms. The third-order valence-corrected chi connectivity index (χ3v) is 9.64. The highest BCUT2D eigenvalue weighted by Crippen LogP contribution is 2.39. The van der Waals surface area contributed by atoms with Crippen LogP contribution in [0.5, 0.6) is 17.2 Å². The number of ether oxygens (including phenoxy) is 3. The molecule has 5 nitrogen and oxygen atoms in total. The minimum absolute atomic E-state index is 0.170. The van der Waals surface area contributed by atoms with Gasteiger partial charge in [-0.05, 0) is 69.9 Å². The molecule has 54 heavy (non-hydrogen) atoms. The Morgan fingerprint density at radius 1 is 0.444 bits per heavy atom. The van der Waals surface area contributed by atoms with E-state index in [0.717, 1.165) is 57.8 Å². The summed E-state index contributed by atoms with van der Waals surface area (Å²) in [7, 11) is 0. The predicted molar refractivity (Wildman–Crippen MR) is 233 cm³/mol. The molecule has 0 aliphatic rings. The van der Waals surface area contributed by atoms with Gasteiger partial charge in [0.2, 0.25) is 5.75 Å². The smallest absolute Gasteiger partial charge is 0.335 e. The van der Waals surface area contributed by atoms with Crippen LogP contribution in [0, 0.1) is 0 Å². The van der Waals surface area contributed by atoms with Crippen LogP contribution in [0.15, 0.2) is 86.6 Å². The van der Waals surface area contributed by atoms with Gasteiger partial charge in [0, 0.05) is 0 Å². The van der Waals surface area contributed by atoms with Gasteiger partial charge in [-0.3, -0.25) is 0 Å². The van der Waals surface area contributed by atoms with Gasteiger partial charge in [0.25, 0.3) is 0 Å². The number of allylic oxidation sites excluding steroid dienone is 9. The zero-order chi connectivity index (χ0) is 39.0. The number of carboxylic acids is 1. The van der Waals surface area contributed by atoms with Crippen LogP contribution in [0.3, 0.4) is 0 Å². The molecule has 0 radical (unpaired) electrons. The van der Waals surface area contributed by atoms with E-state index in [1.807, 2.05) is 36.5 Å². The molecule has 1 N–H and O–H groups in total. The zero-order valence-electron chi connectivity index (χ0n) is 34.3. The second-order valence-electron chi connectivity index (χ2n) is 14.5. The summed E-state index contributed by atoms with van der Waals surface area (Å²) in [5.74, 6) is 0.533. The average Bonchev–Trinajstić information content (AvgIpc) is 3.17. The zero-order valence-corrected chi connectivity index (χ0v) is 34.3. The summed E-state index contributed by atoms with van der Waals surface area (Å²) in [6.45, 7) is 12.8. The molecule has 0 saturated carbocycles.